The van der Waals surface area contributed by atoms with Crippen molar-refractivity contribution in [3.8, 4) is 0 Å². The molecule has 1 aliphatic heterocycles. The molecule has 2 nitrogen and oxygen atoms in total. The Bertz CT molecular complexity index is 358. The van der Waals surface area contributed by atoms with E-state index in [4.69, 9.17) is 10.5 Å². The Labute approximate surface area is 96.7 Å². The average Bonchev–Trinajstić information content (AvgIpc) is 2.23. The highest BCUT2D eigenvalue weighted by molar-refractivity contribution is 9.10. The average molecular weight is 274 g/mol. The van der Waals surface area contributed by atoms with E-state index in [0.717, 1.165) is 25.0 Å². The second-order valence-electron chi connectivity index (χ2n) is 3.77. The lowest BCUT2D eigenvalue weighted by molar-refractivity contribution is 0.0000758. The molecule has 0 aliphatic carbocycles. The molecule has 2 N–H and O–H groups in total. The van der Waals surface area contributed by atoms with E-state index in [-0.39, 0.29) is 18.0 Å². The van der Waals surface area contributed by atoms with Gasteiger partial charge in [-0.15, -0.1) is 0 Å². The van der Waals surface area contributed by atoms with Gasteiger partial charge in [0, 0.05) is 12.6 Å². The van der Waals surface area contributed by atoms with Gasteiger partial charge in [-0.25, -0.2) is 4.39 Å². The molecule has 1 aliphatic rings. The molecule has 1 saturated heterocycles. The van der Waals surface area contributed by atoms with Crippen LogP contribution in [0.15, 0.2) is 22.7 Å². The predicted molar refractivity (Wildman–Crippen MR) is 60.0 cm³/mol. The highest BCUT2D eigenvalue weighted by atomic mass is 79.9. The molecule has 0 saturated carbocycles. The molecule has 4 heteroatoms. The summed E-state index contributed by atoms with van der Waals surface area (Å²) in [4.78, 5) is 0. The number of hydrogen-bond acceptors (Lipinski definition) is 2. The van der Waals surface area contributed by atoms with E-state index in [1.165, 1.54) is 6.07 Å². The summed E-state index contributed by atoms with van der Waals surface area (Å²) in [6, 6.07) is 4.92. The van der Waals surface area contributed by atoms with Gasteiger partial charge in [-0.05, 0) is 46.5 Å². The van der Waals surface area contributed by atoms with E-state index >= 15 is 0 Å². The van der Waals surface area contributed by atoms with Gasteiger partial charge in [0.15, 0.2) is 0 Å². The van der Waals surface area contributed by atoms with E-state index < -0.39 is 0 Å². The van der Waals surface area contributed by atoms with Crippen LogP contribution < -0.4 is 5.73 Å². The standard InChI is InChI=1S/C11H13BrFNO/c12-8-6-7(3-4-9(8)13)11-10(14)2-1-5-15-11/h3-4,6,10-11H,1-2,5,14H2. The van der Waals surface area contributed by atoms with E-state index in [1.807, 2.05) is 0 Å². The van der Waals surface area contributed by atoms with Gasteiger partial charge in [-0.3, -0.25) is 0 Å². The van der Waals surface area contributed by atoms with E-state index in [1.54, 1.807) is 12.1 Å². The van der Waals surface area contributed by atoms with Crippen molar-refractivity contribution in [3.63, 3.8) is 0 Å². The van der Waals surface area contributed by atoms with Crippen LogP contribution in [0.2, 0.25) is 0 Å². The lowest BCUT2D eigenvalue weighted by atomic mass is 9.97. The van der Waals surface area contributed by atoms with Crippen LogP contribution in [-0.2, 0) is 4.74 Å². The Kier molecular flexibility index (Phi) is 3.38. The van der Waals surface area contributed by atoms with Crippen molar-refractivity contribution in [1.82, 2.24) is 0 Å². The van der Waals surface area contributed by atoms with Crippen molar-refractivity contribution in [2.45, 2.75) is 25.0 Å². The van der Waals surface area contributed by atoms with Crippen LogP contribution in [0.1, 0.15) is 24.5 Å². The van der Waals surface area contributed by atoms with E-state index in [9.17, 15) is 4.39 Å². The van der Waals surface area contributed by atoms with Crippen molar-refractivity contribution < 1.29 is 9.13 Å². The minimum atomic E-state index is -0.261. The minimum Gasteiger partial charge on any atom is -0.372 e. The number of benzene rings is 1. The first kappa shape index (κ1) is 11.0. The maximum absolute atomic E-state index is 13.0. The van der Waals surface area contributed by atoms with Crippen LogP contribution in [0.5, 0.6) is 0 Å². The van der Waals surface area contributed by atoms with Gasteiger partial charge in [0.25, 0.3) is 0 Å². The Morgan fingerprint density at radius 3 is 2.93 bits per heavy atom. The Hall–Kier alpha value is -0.450. The summed E-state index contributed by atoms with van der Waals surface area (Å²) in [6.07, 6.45) is 1.86. The van der Waals surface area contributed by atoms with Crippen LogP contribution in [-0.4, -0.2) is 12.6 Å². The highest BCUT2D eigenvalue weighted by Gasteiger charge is 2.24. The van der Waals surface area contributed by atoms with Crippen molar-refractivity contribution in [2.24, 2.45) is 5.73 Å². The van der Waals surface area contributed by atoms with Crippen LogP contribution in [0.25, 0.3) is 0 Å². The first-order valence-corrected chi connectivity index (χ1v) is 5.80. The second-order valence-corrected chi connectivity index (χ2v) is 4.63. The van der Waals surface area contributed by atoms with Gasteiger partial charge in [-0.2, -0.15) is 0 Å². The molecular weight excluding hydrogens is 261 g/mol. The van der Waals surface area contributed by atoms with Gasteiger partial charge in [0.1, 0.15) is 5.82 Å². The molecule has 2 rings (SSSR count). The molecule has 1 heterocycles. The third-order valence-electron chi connectivity index (χ3n) is 2.64. The SMILES string of the molecule is NC1CCCOC1c1ccc(F)c(Br)c1. The maximum atomic E-state index is 13.0. The third kappa shape index (κ3) is 2.38. The fraction of sp³-hybridized carbons (Fsp3) is 0.455. The number of nitrogens with two attached hydrogens (primary N) is 1. The van der Waals surface area contributed by atoms with Crippen LogP contribution in [0.4, 0.5) is 4.39 Å². The number of ether oxygens (including phenoxy) is 1. The summed E-state index contributed by atoms with van der Waals surface area (Å²) in [5.74, 6) is -0.261. The molecule has 0 aromatic heterocycles. The fourth-order valence-electron chi connectivity index (χ4n) is 1.84. The van der Waals surface area contributed by atoms with E-state index in [0.29, 0.717) is 4.47 Å². The first-order chi connectivity index (χ1) is 7.18. The van der Waals surface area contributed by atoms with Crippen molar-refractivity contribution in [3.05, 3.63) is 34.1 Å². The largest absolute Gasteiger partial charge is 0.372 e. The quantitative estimate of drug-likeness (QED) is 0.854. The molecular formula is C11H13BrFNO. The molecule has 0 bridgehead atoms. The molecule has 15 heavy (non-hydrogen) atoms. The zero-order valence-electron chi connectivity index (χ0n) is 8.25. The summed E-state index contributed by atoms with van der Waals surface area (Å²) in [5.41, 5.74) is 6.91. The zero-order chi connectivity index (χ0) is 10.8. The predicted octanol–water partition coefficient (Wildman–Crippen LogP) is 2.77. The van der Waals surface area contributed by atoms with Crippen molar-refractivity contribution >= 4 is 15.9 Å². The molecule has 0 amide bonds. The molecule has 0 spiro atoms. The fourth-order valence-corrected chi connectivity index (χ4v) is 2.23. The van der Waals surface area contributed by atoms with Gasteiger partial charge >= 0.3 is 0 Å². The summed E-state index contributed by atoms with van der Waals surface area (Å²) in [7, 11) is 0. The summed E-state index contributed by atoms with van der Waals surface area (Å²) < 4.78 is 19.1. The Morgan fingerprint density at radius 1 is 1.47 bits per heavy atom. The smallest absolute Gasteiger partial charge is 0.137 e. The normalized spacial score (nSPS) is 26.6. The molecule has 82 valence electrons. The summed E-state index contributed by atoms with van der Waals surface area (Å²) in [6.45, 7) is 0.730. The van der Waals surface area contributed by atoms with Gasteiger partial charge in [0.05, 0.1) is 10.6 Å². The van der Waals surface area contributed by atoms with Crippen molar-refractivity contribution in [1.29, 1.82) is 0 Å². The number of rotatable bonds is 1. The van der Waals surface area contributed by atoms with Crippen LogP contribution in [0.3, 0.4) is 0 Å². The second kappa shape index (κ2) is 4.60. The van der Waals surface area contributed by atoms with Gasteiger partial charge in [-0.1, -0.05) is 6.07 Å². The van der Waals surface area contributed by atoms with Crippen molar-refractivity contribution in [2.75, 3.05) is 6.61 Å². The summed E-state index contributed by atoms with van der Waals surface area (Å²) >= 11 is 3.16. The first-order valence-electron chi connectivity index (χ1n) is 5.00. The van der Waals surface area contributed by atoms with E-state index in [2.05, 4.69) is 15.9 Å². The molecule has 2 unspecified atom stereocenters. The van der Waals surface area contributed by atoms with Crippen LogP contribution in [0, 0.1) is 5.82 Å². The molecule has 1 fully saturated rings. The molecule has 1 aromatic rings. The lowest BCUT2D eigenvalue weighted by Crippen LogP contribution is -2.34. The minimum absolute atomic E-state index is 0.0103. The number of hydrogen-bond donors (Lipinski definition) is 1. The number of halogens is 2. The summed E-state index contributed by atoms with van der Waals surface area (Å²) in [5, 5.41) is 0. The van der Waals surface area contributed by atoms with Gasteiger partial charge < -0.3 is 10.5 Å². The molecule has 2 atom stereocenters. The monoisotopic (exact) mass is 273 g/mol. The lowest BCUT2D eigenvalue weighted by Gasteiger charge is -2.29. The zero-order valence-corrected chi connectivity index (χ0v) is 9.84. The third-order valence-corrected chi connectivity index (χ3v) is 3.25. The maximum Gasteiger partial charge on any atom is 0.137 e. The Balaban J connectivity index is 2.24. The topological polar surface area (TPSA) is 35.2 Å². The highest BCUT2D eigenvalue weighted by Crippen LogP contribution is 2.29. The van der Waals surface area contributed by atoms with Gasteiger partial charge in [0.2, 0.25) is 0 Å². The Morgan fingerprint density at radius 2 is 2.27 bits per heavy atom. The van der Waals surface area contributed by atoms with Crippen LogP contribution >= 0.6 is 15.9 Å². The molecule has 1 aromatic carbocycles. The molecule has 0 radical (unpaired) electrons.